The molecule has 1 amide bonds. The maximum atomic E-state index is 13.0. The maximum Gasteiger partial charge on any atom is 0.243 e. The molecule has 0 bridgehead atoms. The second kappa shape index (κ2) is 9.67. The third kappa shape index (κ3) is 4.76. The number of para-hydroxylation sites is 1. The van der Waals surface area contributed by atoms with Crippen LogP contribution in [0.25, 0.3) is 5.69 Å². The molecule has 0 spiro atoms. The average molecular weight is 455 g/mol. The van der Waals surface area contributed by atoms with Gasteiger partial charge < -0.3 is 5.32 Å². The molecule has 8 heteroatoms. The zero-order valence-corrected chi connectivity index (χ0v) is 20.0. The van der Waals surface area contributed by atoms with Crippen LogP contribution in [0.3, 0.4) is 0 Å². The molecule has 0 radical (unpaired) electrons. The largest absolute Gasteiger partial charge is 0.326 e. The van der Waals surface area contributed by atoms with Gasteiger partial charge in [-0.3, -0.25) is 4.79 Å². The monoisotopic (exact) mass is 454 g/mol. The van der Waals surface area contributed by atoms with Crippen LogP contribution in [0.1, 0.15) is 36.4 Å². The van der Waals surface area contributed by atoms with Crippen LogP contribution in [0.4, 0.5) is 5.69 Å². The molecule has 0 atom stereocenters. The van der Waals surface area contributed by atoms with Crippen LogP contribution in [0.5, 0.6) is 0 Å². The summed E-state index contributed by atoms with van der Waals surface area (Å²) < 4.78 is 29.2. The molecule has 0 aliphatic carbocycles. The molecule has 0 unspecified atom stereocenters. The Hall–Kier alpha value is -2.97. The van der Waals surface area contributed by atoms with Crippen molar-refractivity contribution >= 4 is 21.6 Å². The van der Waals surface area contributed by atoms with Gasteiger partial charge in [-0.05, 0) is 50.6 Å². The second-order valence-corrected chi connectivity index (χ2v) is 9.60. The summed E-state index contributed by atoms with van der Waals surface area (Å²) in [6, 6.07) is 14.7. The number of carbonyl (C=O) groups excluding carboxylic acids is 1. The van der Waals surface area contributed by atoms with Gasteiger partial charge in [0, 0.05) is 30.0 Å². The first kappa shape index (κ1) is 23.7. The number of aryl methyl sites for hydroxylation is 2. The lowest BCUT2D eigenvalue weighted by atomic mass is 10.1. The van der Waals surface area contributed by atoms with E-state index in [4.69, 9.17) is 0 Å². The van der Waals surface area contributed by atoms with Crippen LogP contribution >= 0.6 is 0 Å². The molecule has 1 aromatic heterocycles. The van der Waals surface area contributed by atoms with Crippen LogP contribution in [0.15, 0.2) is 53.4 Å². The quantitative estimate of drug-likeness (QED) is 0.557. The molecule has 2 aromatic carbocycles. The average Bonchev–Trinajstić information content (AvgIpc) is 3.04. The van der Waals surface area contributed by atoms with Crippen LogP contribution in [-0.4, -0.2) is 41.5 Å². The molecule has 0 saturated carbocycles. The summed E-state index contributed by atoms with van der Waals surface area (Å²) in [7, 11) is -3.62. The number of amides is 1. The number of hydrogen-bond donors (Lipinski definition) is 1. The van der Waals surface area contributed by atoms with E-state index in [1.165, 1.54) is 10.4 Å². The smallest absolute Gasteiger partial charge is 0.243 e. The molecule has 0 aliphatic heterocycles. The highest BCUT2D eigenvalue weighted by atomic mass is 32.2. The SMILES string of the molecule is CCN(CC)S(=O)(=O)c1cc(NC(=O)Cc2c(C)nn(-c3ccccc3)c2C)ccc1C. The summed E-state index contributed by atoms with van der Waals surface area (Å²) in [5.74, 6) is -0.223. The minimum atomic E-state index is -3.62. The fourth-order valence-corrected chi connectivity index (χ4v) is 5.48. The normalized spacial score (nSPS) is 11.7. The second-order valence-electron chi connectivity index (χ2n) is 7.69. The van der Waals surface area contributed by atoms with E-state index in [0.717, 1.165) is 22.6 Å². The molecule has 170 valence electrons. The van der Waals surface area contributed by atoms with Crippen LogP contribution in [0.2, 0.25) is 0 Å². The Morgan fingerprint density at radius 2 is 1.69 bits per heavy atom. The van der Waals surface area contributed by atoms with Crippen molar-refractivity contribution in [1.29, 1.82) is 0 Å². The highest BCUT2D eigenvalue weighted by molar-refractivity contribution is 7.89. The van der Waals surface area contributed by atoms with Gasteiger partial charge in [-0.1, -0.05) is 38.1 Å². The number of rotatable bonds is 8. The third-order valence-electron chi connectivity index (χ3n) is 5.57. The van der Waals surface area contributed by atoms with Gasteiger partial charge in [0.05, 0.1) is 22.7 Å². The summed E-state index contributed by atoms with van der Waals surface area (Å²) in [6.07, 6.45) is 0.149. The summed E-state index contributed by atoms with van der Waals surface area (Å²) >= 11 is 0. The summed E-state index contributed by atoms with van der Waals surface area (Å²) in [4.78, 5) is 13.0. The van der Waals surface area contributed by atoms with E-state index in [1.54, 1.807) is 19.1 Å². The summed E-state index contributed by atoms with van der Waals surface area (Å²) in [6.45, 7) is 9.97. The lowest BCUT2D eigenvalue weighted by molar-refractivity contribution is -0.115. The number of nitrogens with one attached hydrogen (secondary N) is 1. The van der Waals surface area contributed by atoms with E-state index in [2.05, 4.69) is 10.4 Å². The van der Waals surface area contributed by atoms with Crippen LogP contribution in [0, 0.1) is 20.8 Å². The van der Waals surface area contributed by atoms with Crippen molar-refractivity contribution in [2.75, 3.05) is 18.4 Å². The third-order valence-corrected chi connectivity index (χ3v) is 7.77. The summed E-state index contributed by atoms with van der Waals surface area (Å²) in [5, 5.41) is 7.44. The molecule has 1 heterocycles. The number of hydrogen-bond acceptors (Lipinski definition) is 4. The van der Waals surface area contributed by atoms with Gasteiger partial charge in [-0.2, -0.15) is 9.40 Å². The molecular weight excluding hydrogens is 424 g/mol. The molecule has 0 aliphatic rings. The van der Waals surface area contributed by atoms with Crippen molar-refractivity contribution in [2.45, 2.75) is 45.9 Å². The number of sulfonamides is 1. The number of nitrogens with zero attached hydrogens (tertiary/aromatic N) is 3. The van der Waals surface area contributed by atoms with Gasteiger partial charge >= 0.3 is 0 Å². The highest BCUT2D eigenvalue weighted by Gasteiger charge is 2.24. The Morgan fingerprint density at radius 1 is 1.03 bits per heavy atom. The molecular formula is C24H30N4O3S. The number of carbonyl (C=O) groups is 1. The molecule has 32 heavy (non-hydrogen) atoms. The topological polar surface area (TPSA) is 84.3 Å². The fourth-order valence-electron chi connectivity index (χ4n) is 3.78. The predicted octanol–water partition coefficient (Wildman–Crippen LogP) is 4.01. The van der Waals surface area contributed by atoms with Gasteiger partial charge in [0.2, 0.25) is 15.9 Å². The van der Waals surface area contributed by atoms with Gasteiger partial charge in [0.25, 0.3) is 0 Å². The van der Waals surface area contributed by atoms with E-state index >= 15 is 0 Å². The van der Waals surface area contributed by atoms with Crippen molar-refractivity contribution in [3.05, 3.63) is 71.0 Å². The van der Waals surface area contributed by atoms with Crippen molar-refractivity contribution in [2.24, 2.45) is 0 Å². The van der Waals surface area contributed by atoms with Crippen molar-refractivity contribution in [3.8, 4) is 5.69 Å². The van der Waals surface area contributed by atoms with Gasteiger partial charge in [0.15, 0.2) is 0 Å². The Labute approximate surface area is 190 Å². The Balaban J connectivity index is 1.83. The van der Waals surface area contributed by atoms with E-state index in [0.29, 0.717) is 24.3 Å². The molecule has 0 saturated heterocycles. The Morgan fingerprint density at radius 3 is 2.31 bits per heavy atom. The van der Waals surface area contributed by atoms with E-state index in [1.807, 2.05) is 62.7 Å². The van der Waals surface area contributed by atoms with Gasteiger partial charge in [-0.15, -0.1) is 0 Å². The molecule has 0 fully saturated rings. The first-order valence-corrected chi connectivity index (χ1v) is 12.1. The summed E-state index contributed by atoms with van der Waals surface area (Å²) in [5.41, 5.74) is 4.58. The zero-order valence-electron chi connectivity index (χ0n) is 19.2. The Kier molecular flexibility index (Phi) is 7.16. The first-order chi connectivity index (χ1) is 15.2. The van der Waals surface area contributed by atoms with E-state index in [-0.39, 0.29) is 17.2 Å². The van der Waals surface area contributed by atoms with E-state index in [9.17, 15) is 13.2 Å². The highest BCUT2D eigenvalue weighted by Crippen LogP contribution is 2.24. The maximum absolute atomic E-state index is 13.0. The number of anilines is 1. The van der Waals surface area contributed by atoms with E-state index < -0.39 is 10.0 Å². The van der Waals surface area contributed by atoms with Crippen LogP contribution < -0.4 is 5.32 Å². The van der Waals surface area contributed by atoms with Crippen molar-refractivity contribution in [3.63, 3.8) is 0 Å². The lowest BCUT2D eigenvalue weighted by Crippen LogP contribution is -2.31. The van der Waals surface area contributed by atoms with Gasteiger partial charge in [0.1, 0.15) is 0 Å². The molecule has 1 N–H and O–H groups in total. The van der Waals surface area contributed by atoms with Crippen LogP contribution in [-0.2, 0) is 21.2 Å². The minimum Gasteiger partial charge on any atom is -0.326 e. The fraction of sp³-hybridized carbons (Fsp3) is 0.333. The molecule has 3 aromatic rings. The van der Waals surface area contributed by atoms with Gasteiger partial charge in [-0.25, -0.2) is 13.1 Å². The zero-order chi connectivity index (χ0) is 23.5. The van der Waals surface area contributed by atoms with Crippen molar-refractivity contribution in [1.82, 2.24) is 14.1 Å². The first-order valence-electron chi connectivity index (χ1n) is 10.7. The standard InChI is InChI=1S/C24H30N4O3S/c1-6-27(7-2)32(30,31)23-15-20(14-13-17(23)3)25-24(29)16-22-18(4)26-28(19(22)5)21-11-9-8-10-12-21/h8-15H,6-7,16H2,1-5H3,(H,25,29). The predicted molar refractivity (Wildman–Crippen MR) is 127 cm³/mol. The number of aromatic nitrogens is 2. The minimum absolute atomic E-state index is 0.149. The van der Waals surface area contributed by atoms with Crippen molar-refractivity contribution < 1.29 is 13.2 Å². The number of benzene rings is 2. The molecule has 3 rings (SSSR count). The Bertz CT molecular complexity index is 1210. The lowest BCUT2D eigenvalue weighted by Gasteiger charge is -2.20. The molecule has 7 nitrogen and oxygen atoms in total.